The minimum absolute atomic E-state index is 0.185. The Bertz CT molecular complexity index is 298. The van der Waals surface area contributed by atoms with Gasteiger partial charge < -0.3 is 16.0 Å². The van der Waals surface area contributed by atoms with Crippen LogP contribution < -0.4 is 11.1 Å². The van der Waals surface area contributed by atoms with Crippen LogP contribution in [0.2, 0.25) is 0 Å². The van der Waals surface area contributed by atoms with Crippen LogP contribution in [0.4, 0.5) is 0 Å². The minimum atomic E-state index is 0.185. The molecule has 0 aromatic heterocycles. The van der Waals surface area contributed by atoms with Crippen LogP contribution in [-0.4, -0.2) is 37.1 Å². The first kappa shape index (κ1) is 10.5. The van der Waals surface area contributed by atoms with E-state index < -0.39 is 0 Å². The number of hydrogen-bond acceptors (Lipinski definition) is 3. The van der Waals surface area contributed by atoms with Gasteiger partial charge in [-0.05, 0) is 12.0 Å². The molecule has 2 rings (SSSR count). The molecule has 2 aliphatic rings. The van der Waals surface area contributed by atoms with Crippen LogP contribution in [-0.2, 0) is 0 Å². The van der Waals surface area contributed by atoms with Gasteiger partial charge in [-0.1, -0.05) is 24.8 Å². The van der Waals surface area contributed by atoms with Crippen LogP contribution in [0.15, 0.2) is 36.1 Å². The summed E-state index contributed by atoms with van der Waals surface area (Å²) in [5.74, 6) is 0. The van der Waals surface area contributed by atoms with Gasteiger partial charge in [-0.3, -0.25) is 0 Å². The van der Waals surface area contributed by atoms with Crippen molar-refractivity contribution in [2.45, 2.75) is 12.5 Å². The highest BCUT2D eigenvalue weighted by molar-refractivity contribution is 5.40. The zero-order valence-electron chi connectivity index (χ0n) is 9.08. The average Bonchev–Trinajstić information content (AvgIpc) is 2.30. The summed E-state index contributed by atoms with van der Waals surface area (Å²) in [5, 5.41) is 3.34. The molecular formula is C12H19N3. The van der Waals surface area contributed by atoms with Gasteiger partial charge in [-0.2, -0.15) is 0 Å². The van der Waals surface area contributed by atoms with Crippen molar-refractivity contribution in [3.05, 3.63) is 36.1 Å². The number of hydrogen-bond donors (Lipinski definition) is 2. The van der Waals surface area contributed by atoms with E-state index in [1.807, 2.05) is 0 Å². The number of rotatable bonds is 2. The molecule has 0 radical (unpaired) electrons. The maximum atomic E-state index is 5.79. The van der Waals surface area contributed by atoms with Crippen molar-refractivity contribution >= 4 is 0 Å². The molecule has 1 saturated heterocycles. The molecule has 0 bridgehead atoms. The predicted molar refractivity (Wildman–Crippen MR) is 63.4 cm³/mol. The molecule has 1 heterocycles. The predicted octanol–water partition coefficient (Wildman–Crippen LogP) is 0.619. The third-order valence-corrected chi connectivity index (χ3v) is 2.96. The summed E-state index contributed by atoms with van der Waals surface area (Å²) in [5.41, 5.74) is 8.16. The normalized spacial score (nSPS) is 26.3. The molecule has 1 unspecified atom stereocenters. The van der Waals surface area contributed by atoms with Gasteiger partial charge in [0.1, 0.15) is 0 Å². The Balaban J connectivity index is 1.98. The van der Waals surface area contributed by atoms with Crippen molar-refractivity contribution in [2.75, 3.05) is 26.2 Å². The third kappa shape index (κ3) is 2.49. The summed E-state index contributed by atoms with van der Waals surface area (Å²) in [6.07, 6.45) is 7.27. The van der Waals surface area contributed by atoms with Crippen LogP contribution in [0.25, 0.3) is 0 Å². The lowest BCUT2D eigenvalue weighted by molar-refractivity contribution is 0.306. The molecule has 1 aliphatic carbocycles. The molecule has 1 atom stereocenters. The fourth-order valence-corrected chi connectivity index (χ4v) is 1.97. The van der Waals surface area contributed by atoms with Gasteiger partial charge in [0.2, 0.25) is 0 Å². The van der Waals surface area contributed by atoms with Crippen LogP contribution in [0.1, 0.15) is 6.42 Å². The number of allylic oxidation sites excluding steroid dienone is 1. The van der Waals surface area contributed by atoms with Crippen molar-refractivity contribution in [1.82, 2.24) is 10.2 Å². The third-order valence-electron chi connectivity index (χ3n) is 2.96. The second-order valence-corrected chi connectivity index (χ2v) is 4.10. The number of nitrogens with two attached hydrogens (primary N) is 1. The monoisotopic (exact) mass is 205 g/mol. The second-order valence-electron chi connectivity index (χ2n) is 4.10. The summed E-state index contributed by atoms with van der Waals surface area (Å²) in [7, 11) is 0. The first-order valence-corrected chi connectivity index (χ1v) is 5.56. The maximum absolute atomic E-state index is 5.79. The molecule has 0 spiro atoms. The lowest BCUT2D eigenvalue weighted by Crippen LogP contribution is -2.43. The smallest absolute Gasteiger partial charge is 0.0364 e. The van der Waals surface area contributed by atoms with E-state index in [4.69, 9.17) is 5.73 Å². The van der Waals surface area contributed by atoms with Crippen molar-refractivity contribution in [1.29, 1.82) is 0 Å². The Kier molecular flexibility index (Phi) is 3.23. The molecule has 82 valence electrons. The second kappa shape index (κ2) is 4.64. The largest absolute Gasteiger partial charge is 0.369 e. The van der Waals surface area contributed by atoms with E-state index in [0.29, 0.717) is 0 Å². The lowest BCUT2D eigenvalue weighted by Gasteiger charge is -2.32. The van der Waals surface area contributed by atoms with Crippen molar-refractivity contribution in [2.24, 2.45) is 5.73 Å². The summed E-state index contributed by atoms with van der Waals surface area (Å²) < 4.78 is 0. The fourth-order valence-electron chi connectivity index (χ4n) is 1.97. The molecule has 1 fully saturated rings. The summed E-state index contributed by atoms with van der Waals surface area (Å²) in [6.45, 7) is 8.37. The summed E-state index contributed by atoms with van der Waals surface area (Å²) >= 11 is 0. The lowest BCUT2D eigenvalue weighted by atomic mass is 10.0. The minimum Gasteiger partial charge on any atom is -0.369 e. The van der Waals surface area contributed by atoms with Gasteiger partial charge in [-0.25, -0.2) is 0 Å². The molecule has 0 saturated carbocycles. The van der Waals surface area contributed by atoms with Gasteiger partial charge in [-0.15, -0.1) is 0 Å². The first-order valence-electron chi connectivity index (χ1n) is 5.56. The number of nitrogens with zero attached hydrogens (tertiary/aromatic N) is 1. The quantitative estimate of drug-likeness (QED) is 0.694. The fraction of sp³-hybridized carbons (Fsp3) is 0.500. The van der Waals surface area contributed by atoms with Crippen LogP contribution >= 0.6 is 0 Å². The van der Waals surface area contributed by atoms with Crippen LogP contribution in [0, 0.1) is 0 Å². The van der Waals surface area contributed by atoms with Gasteiger partial charge in [0.25, 0.3) is 0 Å². The molecular weight excluding hydrogens is 186 g/mol. The van der Waals surface area contributed by atoms with Crippen molar-refractivity contribution in [3.63, 3.8) is 0 Å². The maximum Gasteiger partial charge on any atom is 0.0364 e. The Morgan fingerprint density at radius 1 is 1.47 bits per heavy atom. The summed E-state index contributed by atoms with van der Waals surface area (Å²) in [4.78, 5) is 2.34. The molecule has 3 N–H and O–H groups in total. The van der Waals surface area contributed by atoms with Gasteiger partial charge in [0.15, 0.2) is 0 Å². The molecule has 3 nitrogen and oxygen atoms in total. The van der Waals surface area contributed by atoms with Crippen molar-refractivity contribution in [3.8, 4) is 0 Å². The zero-order chi connectivity index (χ0) is 10.7. The molecule has 15 heavy (non-hydrogen) atoms. The van der Waals surface area contributed by atoms with Gasteiger partial charge in [0.05, 0.1) is 0 Å². The average molecular weight is 205 g/mol. The topological polar surface area (TPSA) is 41.3 Å². The Morgan fingerprint density at radius 3 is 2.80 bits per heavy atom. The molecule has 3 heteroatoms. The Hall–Kier alpha value is -1.06. The van der Waals surface area contributed by atoms with E-state index in [0.717, 1.165) is 38.3 Å². The van der Waals surface area contributed by atoms with Crippen LogP contribution in [0.5, 0.6) is 0 Å². The first-order chi connectivity index (χ1) is 7.27. The molecule has 0 aromatic carbocycles. The molecule has 0 aromatic rings. The number of nitrogens with one attached hydrogen (secondary N) is 1. The van der Waals surface area contributed by atoms with E-state index in [9.17, 15) is 0 Å². The van der Waals surface area contributed by atoms with E-state index in [-0.39, 0.29) is 6.04 Å². The SMILES string of the molecule is C=C(C1=CCC(N)C=C1)N1CCNCC1. The van der Waals surface area contributed by atoms with E-state index in [1.165, 1.54) is 5.57 Å². The van der Waals surface area contributed by atoms with Crippen LogP contribution in [0.3, 0.4) is 0 Å². The van der Waals surface area contributed by atoms with E-state index in [2.05, 4.69) is 35.0 Å². The highest BCUT2D eigenvalue weighted by Crippen LogP contribution is 2.19. The Morgan fingerprint density at radius 2 is 2.20 bits per heavy atom. The zero-order valence-corrected chi connectivity index (χ0v) is 9.08. The summed E-state index contributed by atoms with van der Waals surface area (Å²) in [6, 6.07) is 0.185. The molecule has 0 amide bonds. The molecule has 1 aliphatic heterocycles. The van der Waals surface area contributed by atoms with E-state index in [1.54, 1.807) is 0 Å². The van der Waals surface area contributed by atoms with Gasteiger partial charge >= 0.3 is 0 Å². The highest BCUT2D eigenvalue weighted by atomic mass is 15.2. The van der Waals surface area contributed by atoms with Crippen molar-refractivity contribution < 1.29 is 0 Å². The Labute approximate surface area is 91.3 Å². The van der Waals surface area contributed by atoms with E-state index >= 15 is 0 Å². The number of piperazine rings is 1. The van der Waals surface area contributed by atoms with Gasteiger partial charge in [0, 0.05) is 37.9 Å². The standard InChI is InChI=1S/C12H19N3/c1-10(15-8-6-14-7-9-15)11-2-4-12(13)5-3-11/h2-4,12,14H,1,5-9,13H2. The highest BCUT2D eigenvalue weighted by Gasteiger charge is 2.14.